The van der Waals surface area contributed by atoms with Crippen molar-refractivity contribution in [2.75, 3.05) is 14.2 Å². The summed E-state index contributed by atoms with van der Waals surface area (Å²) in [5.74, 6) is 1.26. The van der Waals surface area contributed by atoms with Crippen molar-refractivity contribution < 1.29 is 14.3 Å². The van der Waals surface area contributed by atoms with E-state index in [1.807, 2.05) is 36.6 Å². The normalized spacial score (nSPS) is 10.5. The first-order chi connectivity index (χ1) is 12.1. The fraction of sp³-hybridized carbons (Fsp3) is 0.222. The number of hydrogen-bond donors (Lipinski definition) is 1. The van der Waals surface area contributed by atoms with Crippen molar-refractivity contribution >= 4 is 28.6 Å². The summed E-state index contributed by atoms with van der Waals surface area (Å²) < 4.78 is 10.5. The first kappa shape index (κ1) is 17.4. The average Bonchev–Trinajstić information content (AvgIpc) is 3.28. The molecule has 0 aliphatic heterocycles. The Morgan fingerprint density at radius 3 is 2.52 bits per heavy atom. The van der Waals surface area contributed by atoms with Gasteiger partial charge in [-0.2, -0.15) is 0 Å². The molecule has 1 amide bonds. The van der Waals surface area contributed by atoms with Crippen LogP contribution in [0.15, 0.2) is 35.7 Å². The van der Waals surface area contributed by atoms with Crippen LogP contribution in [-0.4, -0.2) is 25.1 Å². The van der Waals surface area contributed by atoms with E-state index in [1.54, 1.807) is 31.6 Å². The number of rotatable bonds is 6. The van der Waals surface area contributed by atoms with Crippen LogP contribution in [-0.2, 0) is 6.54 Å². The zero-order valence-corrected chi connectivity index (χ0v) is 15.8. The van der Waals surface area contributed by atoms with E-state index in [0.717, 1.165) is 21.1 Å². The maximum atomic E-state index is 12.5. The van der Waals surface area contributed by atoms with E-state index in [0.29, 0.717) is 22.9 Å². The molecule has 0 saturated carbocycles. The van der Waals surface area contributed by atoms with Gasteiger partial charge in [0.05, 0.1) is 24.8 Å². The quantitative estimate of drug-likeness (QED) is 0.705. The Balaban J connectivity index is 1.73. The highest BCUT2D eigenvalue weighted by molar-refractivity contribution is 7.22. The number of carbonyl (C=O) groups is 1. The minimum Gasteiger partial charge on any atom is -0.497 e. The lowest BCUT2D eigenvalue weighted by atomic mass is 10.2. The van der Waals surface area contributed by atoms with Gasteiger partial charge in [-0.25, -0.2) is 4.98 Å². The molecule has 0 spiro atoms. The SMILES string of the molecule is COc1cc(CNC(=O)c2sc(-c3cccs3)nc2C)cc(OC)c1. The van der Waals surface area contributed by atoms with Crippen LogP contribution >= 0.6 is 22.7 Å². The number of ether oxygens (including phenoxy) is 2. The van der Waals surface area contributed by atoms with Gasteiger partial charge in [0.25, 0.3) is 5.91 Å². The lowest BCUT2D eigenvalue weighted by Gasteiger charge is -2.09. The van der Waals surface area contributed by atoms with E-state index in [9.17, 15) is 4.79 Å². The average molecular weight is 374 g/mol. The zero-order valence-electron chi connectivity index (χ0n) is 14.2. The molecule has 0 saturated heterocycles. The summed E-state index contributed by atoms with van der Waals surface area (Å²) in [6, 6.07) is 9.53. The Morgan fingerprint density at radius 2 is 1.92 bits per heavy atom. The third-order valence-corrected chi connectivity index (χ3v) is 5.79. The summed E-state index contributed by atoms with van der Waals surface area (Å²) in [5, 5.41) is 5.82. The number of carbonyl (C=O) groups excluding carboxylic acids is 1. The third kappa shape index (κ3) is 4.00. The molecule has 0 aliphatic rings. The van der Waals surface area contributed by atoms with Gasteiger partial charge in [-0.15, -0.1) is 22.7 Å². The molecule has 1 aromatic carbocycles. The highest BCUT2D eigenvalue weighted by atomic mass is 32.1. The molecule has 25 heavy (non-hydrogen) atoms. The molecule has 7 heteroatoms. The number of benzene rings is 1. The van der Waals surface area contributed by atoms with E-state index in [4.69, 9.17) is 9.47 Å². The summed E-state index contributed by atoms with van der Waals surface area (Å²) >= 11 is 3.03. The summed E-state index contributed by atoms with van der Waals surface area (Å²) in [7, 11) is 3.20. The van der Waals surface area contributed by atoms with Crippen LogP contribution in [0.5, 0.6) is 11.5 Å². The van der Waals surface area contributed by atoms with Crippen molar-refractivity contribution in [2.45, 2.75) is 13.5 Å². The fourth-order valence-electron chi connectivity index (χ4n) is 2.34. The minimum absolute atomic E-state index is 0.125. The first-order valence-electron chi connectivity index (χ1n) is 7.62. The van der Waals surface area contributed by atoms with E-state index in [1.165, 1.54) is 11.3 Å². The van der Waals surface area contributed by atoms with Crippen LogP contribution in [0, 0.1) is 6.92 Å². The van der Waals surface area contributed by atoms with Crippen LogP contribution < -0.4 is 14.8 Å². The number of nitrogens with one attached hydrogen (secondary N) is 1. The van der Waals surface area contributed by atoms with Gasteiger partial charge in [0.15, 0.2) is 0 Å². The maximum absolute atomic E-state index is 12.5. The second-order valence-electron chi connectivity index (χ2n) is 5.31. The van der Waals surface area contributed by atoms with Gasteiger partial charge in [0, 0.05) is 12.6 Å². The molecule has 0 atom stereocenters. The molecule has 3 rings (SSSR count). The molecular weight excluding hydrogens is 356 g/mol. The summed E-state index contributed by atoms with van der Waals surface area (Å²) in [4.78, 5) is 18.8. The van der Waals surface area contributed by atoms with Gasteiger partial charge < -0.3 is 14.8 Å². The smallest absolute Gasteiger partial charge is 0.263 e. The van der Waals surface area contributed by atoms with E-state index >= 15 is 0 Å². The Kier molecular flexibility index (Phi) is 5.35. The van der Waals surface area contributed by atoms with Crippen molar-refractivity contribution in [1.82, 2.24) is 10.3 Å². The standard InChI is InChI=1S/C18H18N2O3S2/c1-11-16(25-18(20-11)15-5-4-6-24-15)17(21)19-10-12-7-13(22-2)9-14(8-12)23-3/h4-9H,10H2,1-3H3,(H,19,21). The Bertz CT molecular complexity index is 850. The van der Waals surface area contributed by atoms with Gasteiger partial charge in [-0.3, -0.25) is 4.79 Å². The number of thiophene rings is 1. The van der Waals surface area contributed by atoms with Crippen LogP contribution in [0.4, 0.5) is 0 Å². The predicted octanol–water partition coefficient (Wildman–Crippen LogP) is 4.13. The monoisotopic (exact) mass is 374 g/mol. The second-order valence-corrected chi connectivity index (χ2v) is 7.26. The lowest BCUT2D eigenvalue weighted by Crippen LogP contribution is -2.22. The van der Waals surface area contributed by atoms with Gasteiger partial charge in [-0.05, 0) is 36.1 Å². The number of methoxy groups -OCH3 is 2. The van der Waals surface area contributed by atoms with Gasteiger partial charge in [0.2, 0.25) is 0 Å². The molecule has 0 fully saturated rings. The van der Waals surface area contributed by atoms with Gasteiger partial charge in [-0.1, -0.05) is 6.07 Å². The third-order valence-electron chi connectivity index (χ3n) is 3.60. The zero-order chi connectivity index (χ0) is 17.8. The predicted molar refractivity (Wildman–Crippen MR) is 101 cm³/mol. The second kappa shape index (κ2) is 7.67. The molecule has 3 aromatic rings. The fourth-order valence-corrected chi connectivity index (χ4v) is 4.12. The Morgan fingerprint density at radius 1 is 1.20 bits per heavy atom. The van der Waals surface area contributed by atoms with Crippen LogP contribution in [0.3, 0.4) is 0 Å². The van der Waals surface area contributed by atoms with E-state index in [-0.39, 0.29) is 5.91 Å². The molecule has 0 radical (unpaired) electrons. The van der Waals surface area contributed by atoms with Crippen LogP contribution in [0.25, 0.3) is 9.88 Å². The molecule has 5 nitrogen and oxygen atoms in total. The van der Waals surface area contributed by atoms with Gasteiger partial charge >= 0.3 is 0 Å². The summed E-state index contributed by atoms with van der Waals surface area (Å²) in [6.07, 6.45) is 0. The van der Waals surface area contributed by atoms with Crippen LogP contribution in [0.2, 0.25) is 0 Å². The number of thiazole rings is 1. The minimum atomic E-state index is -0.125. The highest BCUT2D eigenvalue weighted by Crippen LogP contribution is 2.31. The molecule has 2 heterocycles. The van der Waals surface area contributed by atoms with Crippen molar-refractivity contribution in [3.05, 3.63) is 51.8 Å². The van der Waals surface area contributed by atoms with Crippen molar-refractivity contribution in [3.8, 4) is 21.4 Å². The topological polar surface area (TPSA) is 60.5 Å². The van der Waals surface area contributed by atoms with E-state index in [2.05, 4.69) is 10.3 Å². The molecule has 0 aliphatic carbocycles. The van der Waals surface area contributed by atoms with Crippen molar-refractivity contribution in [1.29, 1.82) is 0 Å². The molecular formula is C18H18N2O3S2. The largest absolute Gasteiger partial charge is 0.497 e. The lowest BCUT2D eigenvalue weighted by molar-refractivity contribution is 0.0954. The number of nitrogens with zero attached hydrogens (tertiary/aromatic N) is 1. The summed E-state index contributed by atoms with van der Waals surface area (Å²) in [5.41, 5.74) is 1.65. The summed E-state index contributed by atoms with van der Waals surface area (Å²) in [6.45, 7) is 2.25. The number of hydrogen-bond acceptors (Lipinski definition) is 6. The number of aromatic nitrogens is 1. The number of amides is 1. The highest BCUT2D eigenvalue weighted by Gasteiger charge is 2.16. The maximum Gasteiger partial charge on any atom is 0.263 e. The molecule has 2 aromatic heterocycles. The van der Waals surface area contributed by atoms with Crippen molar-refractivity contribution in [2.24, 2.45) is 0 Å². The molecule has 0 unspecified atom stereocenters. The molecule has 0 bridgehead atoms. The molecule has 1 N–H and O–H groups in total. The first-order valence-corrected chi connectivity index (χ1v) is 9.31. The number of aryl methyl sites for hydroxylation is 1. The van der Waals surface area contributed by atoms with Crippen molar-refractivity contribution in [3.63, 3.8) is 0 Å². The van der Waals surface area contributed by atoms with Gasteiger partial charge in [0.1, 0.15) is 21.4 Å². The van der Waals surface area contributed by atoms with Crippen LogP contribution in [0.1, 0.15) is 20.9 Å². The Hall–Kier alpha value is -2.38. The Labute approximate surface area is 154 Å². The molecule has 130 valence electrons. The van der Waals surface area contributed by atoms with E-state index < -0.39 is 0 Å².